The summed E-state index contributed by atoms with van der Waals surface area (Å²) < 4.78 is 5.29. The molecule has 0 saturated heterocycles. The van der Waals surface area contributed by atoms with Gasteiger partial charge in [0.05, 0.1) is 17.4 Å². The topological polar surface area (TPSA) is 79.5 Å². The van der Waals surface area contributed by atoms with Crippen LogP contribution in [0.15, 0.2) is 45.6 Å². The van der Waals surface area contributed by atoms with Gasteiger partial charge in [0, 0.05) is 10.7 Å². The molecule has 0 aliphatic rings. The Morgan fingerprint density at radius 1 is 1.24 bits per heavy atom. The first-order chi connectivity index (χ1) is 11.8. The molecule has 1 aromatic heterocycles. The predicted molar refractivity (Wildman–Crippen MR) is 97.4 cm³/mol. The largest absolute Gasteiger partial charge is 0.507 e. The smallest absolute Gasteiger partial charge is 0.340 e. The zero-order chi connectivity index (χ0) is 18.1. The average Bonchev–Trinajstić information content (AvgIpc) is 2.50. The normalized spacial score (nSPS) is 10.8. The van der Waals surface area contributed by atoms with Crippen molar-refractivity contribution in [2.75, 3.05) is 5.32 Å². The van der Waals surface area contributed by atoms with E-state index in [-0.39, 0.29) is 23.6 Å². The number of phenols is 1. The van der Waals surface area contributed by atoms with Crippen LogP contribution in [0.1, 0.15) is 16.7 Å². The summed E-state index contributed by atoms with van der Waals surface area (Å²) in [4.78, 5) is 24.5. The summed E-state index contributed by atoms with van der Waals surface area (Å²) >= 11 is 5.89. The maximum Gasteiger partial charge on any atom is 0.340 e. The number of halogens is 1. The third-order valence-electron chi connectivity index (χ3n) is 3.95. The standard InChI is InChI=1S/C19H16ClNO4/c1-10-6-15(22)18-11(2)14(19(24)25-16(18)7-10)9-17(23)21-13-5-3-4-12(20)8-13/h3-8,22H,9H2,1-2H3,(H,21,23). The molecule has 128 valence electrons. The molecule has 0 aliphatic carbocycles. The summed E-state index contributed by atoms with van der Waals surface area (Å²) in [6.45, 7) is 3.48. The van der Waals surface area contributed by atoms with E-state index in [4.69, 9.17) is 16.0 Å². The molecule has 0 unspecified atom stereocenters. The minimum atomic E-state index is -0.587. The van der Waals surface area contributed by atoms with Gasteiger partial charge in [0.1, 0.15) is 11.3 Å². The highest BCUT2D eigenvalue weighted by Crippen LogP contribution is 2.30. The Hall–Kier alpha value is -2.79. The number of carbonyl (C=O) groups is 1. The van der Waals surface area contributed by atoms with Gasteiger partial charge in [-0.05, 0) is 55.3 Å². The van der Waals surface area contributed by atoms with Gasteiger partial charge < -0.3 is 14.8 Å². The highest BCUT2D eigenvalue weighted by Gasteiger charge is 2.17. The molecule has 1 heterocycles. The van der Waals surface area contributed by atoms with Crippen LogP contribution in [0, 0.1) is 13.8 Å². The molecule has 0 radical (unpaired) electrons. The molecule has 0 atom stereocenters. The number of phenolic OH excluding ortho intramolecular Hbond substituents is 1. The van der Waals surface area contributed by atoms with E-state index in [0.29, 0.717) is 27.2 Å². The molecule has 0 saturated carbocycles. The van der Waals surface area contributed by atoms with Crippen molar-refractivity contribution in [3.8, 4) is 5.75 Å². The second kappa shape index (κ2) is 6.61. The van der Waals surface area contributed by atoms with Gasteiger partial charge in [-0.15, -0.1) is 0 Å². The van der Waals surface area contributed by atoms with E-state index in [9.17, 15) is 14.7 Å². The van der Waals surface area contributed by atoms with Crippen molar-refractivity contribution in [1.29, 1.82) is 0 Å². The number of aromatic hydroxyl groups is 1. The summed E-state index contributed by atoms with van der Waals surface area (Å²) in [5.41, 5.74) is 1.78. The molecule has 25 heavy (non-hydrogen) atoms. The van der Waals surface area contributed by atoms with Gasteiger partial charge in [0.25, 0.3) is 0 Å². The van der Waals surface area contributed by atoms with Gasteiger partial charge in [-0.1, -0.05) is 17.7 Å². The van der Waals surface area contributed by atoms with E-state index in [1.165, 1.54) is 0 Å². The number of rotatable bonds is 3. The van der Waals surface area contributed by atoms with Gasteiger partial charge in [-0.25, -0.2) is 4.79 Å². The fraction of sp³-hybridized carbons (Fsp3) is 0.158. The number of benzene rings is 2. The molecule has 2 aromatic carbocycles. The van der Waals surface area contributed by atoms with Gasteiger partial charge >= 0.3 is 5.63 Å². The fourth-order valence-electron chi connectivity index (χ4n) is 2.79. The molecule has 1 amide bonds. The minimum Gasteiger partial charge on any atom is -0.507 e. The van der Waals surface area contributed by atoms with Crippen LogP contribution in [0.25, 0.3) is 11.0 Å². The Bertz CT molecular complexity index is 1040. The Labute approximate surface area is 148 Å². The first-order valence-corrected chi connectivity index (χ1v) is 8.04. The number of anilines is 1. The second-order valence-electron chi connectivity index (χ2n) is 5.89. The number of hydrogen-bond acceptors (Lipinski definition) is 4. The zero-order valence-electron chi connectivity index (χ0n) is 13.7. The van der Waals surface area contributed by atoms with E-state index in [1.807, 2.05) is 0 Å². The van der Waals surface area contributed by atoms with Crippen LogP contribution < -0.4 is 10.9 Å². The van der Waals surface area contributed by atoms with Crippen LogP contribution in [0.4, 0.5) is 5.69 Å². The Morgan fingerprint density at radius 3 is 2.72 bits per heavy atom. The van der Waals surface area contributed by atoms with Crippen molar-refractivity contribution >= 4 is 34.2 Å². The molecule has 3 rings (SSSR count). The van der Waals surface area contributed by atoms with Crippen LogP contribution in [0.2, 0.25) is 5.02 Å². The third-order valence-corrected chi connectivity index (χ3v) is 4.18. The molecule has 0 spiro atoms. The lowest BCUT2D eigenvalue weighted by Crippen LogP contribution is -2.20. The summed E-state index contributed by atoms with van der Waals surface area (Å²) in [6.07, 6.45) is -0.163. The molecule has 6 heteroatoms. The number of aryl methyl sites for hydroxylation is 2. The molecule has 3 aromatic rings. The van der Waals surface area contributed by atoms with Crippen molar-refractivity contribution in [3.05, 3.63) is 68.5 Å². The van der Waals surface area contributed by atoms with Crippen LogP contribution >= 0.6 is 11.6 Å². The number of amides is 1. The summed E-state index contributed by atoms with van der Waals surface area (Å²) in [6, 6.07) is 10.0. The SMILES string of the molecule is Cc1cc(O)c2c(C)c(CC(=O)Nc3cccc(Cl)c3)c(=O)oc2c1. The van der Waals surface area contributed by atoms with Crippen molar-refractivity contribution in [1.82, 2.24) is 0 Å². The first-order valence-electron chi connectivity index (χ1n) is 7.66. The lowest BCUT2D eigenvalue weighted by atomic mass is 10.0. The van der Waals surface area contributed by atoms with Gasteiger partial charge in [0.15, 0.2) is 0 Å². The summed E-state index contributed by atoms with van der Waals surface area (Å²) in [5.74, 6) is -0.351. The number of fused-ring (bicyclic) bond motifs is 1. The Balaban J connectivity index is 1.96. The van der Waals surface area contributed by atoms with E-state index in [2.05, 4.69) is 5.32 Å². The van der Waals surface area contributed by atoms with E-state index in [0.717, 1.165) is 5.56 Å². The predicted octanol–water partition coefficient (Wildman–Crippen LogP) is 3.95. The fourth-order valence-corrected chi connectivity index (χ4v) is 2.98. The van der Waals surface area contributed by atoms with Gasteiger partial charge in [-0.2, -0.15) is 0 Å². The van der Waals surface area contributed by atoms with Crippen LogP contribution in [0.3, 0.4) is 0 Å². The highest BCUT2D eigenvalue weighted by molar-refractivity contribution is 6.30. The highest BCUT2D eigenvalue weighted by atomic mass is 35.5. The molecule has 2 N–H and O–H groups in total. The van der Waals surface area contributed by atoms with E-state index in [1.54, 1.807) is 50.2 Å². The lowest BCUT2D eigenvalue weighted by Gasteiger charge is -2.10. The molecular formula is C19H16ClNO4. The monoisotopic (exact) mass is 357 g/mol. The van der Waals surface area contributed by atoms with Gasteiger partial charge in [0.2, 0.25) is 5.91 Å². The molecule has 0 aliphatic heterocycles. The molecule has 0 bridgehead atoms. The van der Waals surface area contributed by atoms with Gasteiger partial charge in [-0.3, -0.25) is 4.79 Å². The molecular weight excluding hydrogens is 342 g/mol. The van der Waals surface area contributed by atoms with Crippen molar-refractivity contribution in [2.45, 2.75) is 20.3 Å². The number of nitrogens with one attached hydrogen (secondary N) is 1. The van der Waals surface area contributed by atoms with Crippen molar-refractivity contribution in [2.24, 2.45) is 0 Å². The molecule has 5 nitrogen and oxygen atoms in total. The maximum absolute atomic E-state index is 12.3. The summed E-state index contributed by atoms with van der Waals surface area (Å²) in [5, 5.41) is 13.8. The maximum atomic E-state index is 12.3. The Morgan fingerprint density at radius 2 is 2.00 bits per heavy atom. The van der Waals surface area contributed by atoms with Crippen LogP contribution in [-0.2, 0) is 11.2 Å². The second-order valence-corrected chi connectivity index (χ2v) is 6.32. The van der Waals surface area contributed by atoms with Crippen LogP contribution in [0.5, 0.6) is 5.75 Å². The lowest BCUT2D eigenvalue weighted by molar-refractivity contribution is -0.115. The minimum absolute atomic E-state index is 0.0211. The quantitative estimate of drug-likeness (QED) is 0.695. The van der Waals surface area contributed by atoms with E-state index < -0.39 is 5.63 Å². The molecule has 0 fully saturated rings. The summed E-state index contributed by atoms with van der Waals surface area (Å²) in [7, 11) is 0. The first kappa shape index (κ1) is 17.0. The van der Waals surface area contributed by atoms with Crippen molar-refractivity contribution < 1.29 is 14.3 Å². The van der Waals surface area contributed by atoms with Crippen LogP contribution in [-0.4, -0.2) is 11.0 Å². The van der Waals surface area contributed by atoms with E-state index >= 15 is 0 Å². The third kappa shape index (κ3) is 3.51. The van der Waals surface area contributed by atoms with Crippen molar-refractivity contribution in [3.63, 3.8) is 0 Å². The average molecular weight is 358 g/mol. The number of carbonyl (C=O) groups excluding carboxylic acids is 1. The number of hydrogen-bond donors (Lipinski definition) is 2. The zero-order valence-corrected chi connectivity index (χ0v) is 14.5. The Kier molecular flexibility index (Phi) is 4.51.